The van der Waals surface area contributed by atoms with Crippen LogP contribution >= 0.6 is 0 Å². The number of rotatable bonds is 4. The van der Waals surface area contributed by atoms with Crippen LogP contribution in [0.2, 0.25) is 0 Å². The van der Waals surface area contributed by atoms with Crippen LogP contribution in [0.3, 0.4) is 0 Å². The highest BCUT2D eigenvalue weighted by Crippen LogP contribution is 2.28. The van der Waals surface area contributed by atoms with E-state index in [0.29, 0.717) is 31.5 Å². The topological polar surface area (TPSA) is 63.4 Å². The van der Waals surface area contributed by atoms with Crippen LogP contribution < -0.4 is 5.73 Å². The molecule has 0 bridgehead atoms. The summed E-state index contributed by atoms with van der Waals surface area (Å²) < 4.78 is 25.5. The molecule has 15 heavy (non-hydrogen) atoms. The lowest BCUT2D eigenvalue weighted by Crippen LogP contribution is -2.34. The van der Waals surface area contributed by atoms with Crippen molar-refractivity contribution >= 4 is 10.0 Å². The van der Waals surface area contributed by atoms with E-state index in [4.69, 9.17) is 5.73 Å². The highest BCUT2D eigenvalue weighted by Gasteiger charge is 2.36. The minimum atomic E-state index is -3.07. The van der Waals surface area contributed by atoms with Gasteiger partial charge in [-0.3, -0.25) is 0 Å². The van der Waals surface area contributed by atoms with Gasteiger partial charge in [-0.2, -0.15) is 0 Å². The van der Waals surface area contributed by atoms with E-state index in [1.54, 1.807) is 18.2 Å². The maximum absolute atomic E-state index is 11.9. The molecule has 0 aliphatic carbocycles. The lowest BCUT2D eigenvalue weighted by molar-refractivity contribution is 0.423. The van der Waals surface area contributed by atoms with Gasteiger partial charge >= 0.3 is 0 Å². The summed E-state index contributed by atoms with van der Waals surface area (Å²) in [5, 5.41) is -0.318. The van der Waals surface area contributed by atoms with Crippen molar-refractivity contribution in [3.63, 3.8) is 0 Å². The van der Waals surface area contributed by atoms with Crippen molar-refractivity contribution in [2.45, 2.75) is 32.4 Å². The zero-order valence-corrected chi connectivity index (χ0v) is 10.6. The van der Waals surface area contributed by atoms with E-state index in [2.05, 4.69) is 6.92 Å². The number of hydrogen-bond acceptors (Lipinski definition) is 3. The van der Waals surface area contributed by atoms with Crippen molar-refractivity contribution in [2.24, 2.45) is 17.6 Å². The fraction of sp³-hybridized carbons (Fsp3) is 1.00. The highest BCUT2D eigenvalue weighted by atomic mass is 32.2. The molecule has 0 aromatic rings. The van der Waals surface area contributed by atoms with Crippen LogP contribution in [-0.2, 0) is 10.0 Å². The maximum atomic E-state index is 11.9. The molecule has 0 radical (unpaired) electrons. The summed E-state index contributed by atoms with van der Waals surface area (Å²) in [5.74, 6) is 0.866. The quantitative estimate of drug-likeness (QED) is 0.776. The Hall–Kier alpha value is -0.130. The molecule has 0 saturated carbocycles. The summed E-state index contributed by atoms with van der Waals surface area (Å²) in [6.07, 6.45) is 0.922. The van der Waals surface area contributed by atoms with Gasteiger partial charge in [0.05, 0.1) is 5.25 Å². The molecule has 0 aromatic heterocycles. The average molecular weight is 234 g/mol. The van der Waals surface area contributed by atoms with Gasteiger partial charge in [-0.15, -0.1) is 0 Å². The number of nitrogens with zero attached hydrogens (tertiary/aromatic N) is 1. The first-order valence-electron chi connectivity index (χ1n) is 5.58. The fourth-order valence-corrected chi connectivity index (χ4v) is 3.52. The first kappa shape index (κ1) is 12.9. The van der Waals surface area contributed by atoms with E-state index in [1.807, 2.05) is 0 Å². The molecule has 5 heteroatoms. The molecule has 0 spiro atoms. The van der Waals surface area contributed by atoms with Crippen molar-refractivity contribution in [1.82, 2.24) is 4.31 Å². The third-order valence-corrected chi connectivity index (χ3v) is 5.44. The molecule has 2 N–H and O–H groups in total. The number of sulfonamides is 1. The van der Waals surface area contributed by atoms with E-state index in [-0.39, 0.29) is 5.25 Å². The lowest BCUT2D eigenvalue weighted by Gasteiger charge is -2.18. The summed E-state index contributed by atoms with van der Waals surface area (Å²) in [6, 6.07) is 0. The molecule has 0 unspecified atom stereocenters. The summed E-state index contributed by atoms with van der Waals surface area (Å²) in [5.41, 5.74) is 5.52. The third kappa shape index (κ3) is 2.71. The van der Waals surface area contributed by atoms with Gasteiger partial charge < -0.3 is 5.73 Å². The van der Waals surface area contributed by atoms with Gasteiger partial charge in [0, 0.05) is 13.1 Å². The predicted octanol–water partition coefficient (Wildman–Crippen LogP) is 0.641. The zero-order valence-electron chi connectivity index (χ0n) is 9.81. The maximum Gasteiger partial charge on any atom is 0.216 e. The molecular weight excluding hydrogens is 212 g/mol. The second-order valence-corrected chi connectivity index (χ2v) is 7.21. The summed E-state index contributed by atoms with van der Waals surface area (Å²) in [7, 11) is -3.07. The largest absolute Gasteiger partial charge is 0.330 e. The predicted molar refractivity (Wildman–Crippen MR) is 62.0 cm³/mol. The van der Waals surface area contributed by atoms with E-state index < -0.39 is 10.0 Å². The molecule has 4 nitrogen and oxygen atoms in total. The Balaban J connectivity index is 2.70. The Morgan fingerprint density at radius 1 is 1.40 bits per heavy atom. The standard InChI is InChI=1S/C10H22N2O2S/c1-8(2)15(13,14)12-6-9(3)10(7-12)4-5-11/h8-10H,4-7,11H2,1-3H3/t9-,10-/m1/s1. The van der Waals surface area contributed by atoms with Gasteiger partial charge in [-0.1, -0.05) is 6.92 Å². The second-order valence-electron chi connectivity index (χ2n) is 4.73. The zero-order chi connectivity index (χ0) is 11.6. The second kappa shape index (κ2) is 4.80. The monoisotopic (exact) mass is 234 g/mol. The fourth-order valence-electron chi connectivity index (χ4n) is 2.08. The summed E-state index contributed by atoms with van der Waals surface area (Å²) >= 11 is 0. The smallest absolute Gasteiger partial charge is 0.216 e. The molecule has 0 aromatic carbocycles. The highest BCUT2D eigenvalue weighted by molar-refractivity contribution is 7.89. The summed E-state index contributed by atoms with van der Waals surface area (Å²) in [4.78, 5) is 0. The first-order chi connectivity index (χ1) is 6.89. The van der Waals surface area contributed by atoms with Crippen molar-refractivity contribution in [1.29, 1.82) is 0 Å². The van der Waals surface area contributed by atoms with Crippen LogP contribution in [0.15, 0.2) is 0 Å². The van der Waals surface area contributed by atoms with Gasteiger partial charge in [-0.05, 0) is 38.6 Å². The van der Waals surface area contributed by atoms with Gasteiger partial charge in [-0.25, -0.2) is 12.7 Å². The Labute approximate surface area is 92.9 Å². The SMILES string of the molecule is CC(C)S(=O)(=O)N1C[C@@H](CCN)[C@H](C)C1. The third-order valence-electron chi connectivity index (χ3n) is 3.23. The van der Waals surface area contributed by atoms with E-state index in [1.165, 1.54) is 0 Å². The minimum absolute atomic E-state index is 0.318. The van der Waals surface area contributed by atoms with Crippen LogP contribution in [0.5, 0.6) is 0 Å². The Bertz CT molecular complexity index is 301. The minimum Gasteiger partial charge on any atom is -0.330 e. The van der Waals surface area contributed by atoms with E-state index >= 15 is 0 Å². The van der Waals surface area contributed by atoms with Crippen molar-refractivity contribution in [3.05, 3.63) is 0 Å². The Kier molecular flexibility index (Phi) is 4.14. The van der Waals surface area contributed by atoms with Gasteiger partial charge in [0.2, 0.25) is 10.0 Å². The molecule has 1 aliphatic heterocycles. The normalized spacial score (nSPS) is 28.9. The molecule has 1 aliphatic rings. The molecule has 2 atom stereocenters. The molecule has 90 valence electrons. The van der Waals surface area contributed by atoms with Gasteiger partial charge in [0.15, 0.2) is 0 Å². The van der Waals surface area contributed by atoms with Gasteiger partial charge in [0.1, 0.15) is 0 Å². The first-order valence-corrected chi connectivity index (χ1v) is 7.09. The molecule has 1 saturated heterocycles. The van der Waals surface area contributed by atoms with Crippen LogP contribution in [-0.4, -0.2) is 37.6 Å². The van der Waals surface area contributed by atoms with Crippen LogP contribution in [0.25, 0.3) is 0 Å². The number of hydrogen-bond donors (Lipinski definition) is 1. The van der Waals surface area contributed by atoms with Crippen molar-refractivity contribution in [2.75, 3.05) is 19.6 Å². The molecule has 0 amide bonds. The lowest BCUT2D eigenvalue weighted by atomic mass is 9.95. The Morgan fingerprint density at radius 2 is 2.00 bits per heavy atom. The van der Waals surface area contributed by atoms with Crippen molar-refractivity contribution < 1.29 is 8.42 Å². The van der Waals surface area contributed by atoms with E-state index in [9.17, 15) is 8.42 Å². The molecule has 1 fully saturated rings. The average Bonchev–Trinajstić information content (AvgIpc) is 2.49. The van der Waals surface area contributed by atoms with Gasteiger partial charge in [0.25, 0.3) is 0 Å². The molecular formula is C10H22N2O2S. The van der Waals surface area contributed by atoms with Crippen LogP contribution in [0, 0.1) is 11.8 Å². The van der Waals surface area contributed by atoms with Crippen LogP contribution in [0.1, 0.15) is 27.2 Å². The number of nitrogens with two attached hydrogens (primary N) is 1. The molecule has 1 heterocycles. The van der Waals surface area contributed by atoms with Crippen molar-refractivity contribution in [3.8, 4) is 0 Å². The van der Waals surface area contributed by atoms with E-state index in [0.717, 1.165) is 6.42 Å². The summed E-state index contributed by atoms with van der Waals surface area (Å²) in [6.45, 7) is 7.53. The Morgan fingerprint density at radius 3 is 2.47 bits per heavy atom. The molecule has 1 rings (SSSR count). The van der Waals surface area contributed by atoms with Crippen LogP contribution in [0.4, 0.5) is 0 Å².